The molecule has 0 heterocycles. The summed E-state index contributed by atoms with van der Waals surface area (Å²) in [4.78, 5) is 10.2. The van der Waals surface area contributed by atoms with E-state index in [4.69, 9.17) is 5.73 Å². The number of halogens is 3. The maximum absolute atomic E-state index is 12.2. The minimum Gasteiger partial charge on any atom is -0.466 e. The van der Waals surface area contributed by atoms with Gasteiger partial charge in [0.15, 0.2) is 0 Å². The predicted molar refractivity (Wildman–Crippen MR) is 71.0 cm³/mol. The van der Waals surface area contributed by atoms with E-state index in [1.54, 1.807) is 20.8 Å². The Kier molecular flexibility index (Phi) is 7.91. The Labute approximate surface area is 116 Å². The summed E-state index contributed by atoms with van der Waals surface area (Å²) >= 11 is 0. The number of nitrogens with two attached hydrogens (primary N) is 1. The first-order valence-corrected chi connectivity index (χ1v) is 6.28. The zero-order valence-electron chi connectivity index (χ0n) is 11.9. The first kappa shape index (κ1) is 18.4. The lowest BCUT2D eigenvalue weighted by atomic mass is 10.1. The van der Waals surface area contributed by atoms with Crippen LogP contribution in [0.2, 0.25) is 0 Å². The lowest BCUT2D eigenvalue weighted by molar-refractivity contribution is -0.142. The van der Waals surface area contributed by atoms with Gasteiger partial charge in [0.2, 0.25) is 0 Å². The molecule has 1 aromatic carbocycles. The van der Waals surface area contributed by atoms with E-state index in [0.717, 1.165) is 17.7 Å². The first-order valence-electron chi connectivity index (χ1n) is 6.28. The highest BCUT2D eigenvalue weighted by Crippen LogP contribution is 2.30. The van der Waals surface area contributed by atoms with Crippen molar-refractivity contribution in [2.75, 3.05) is 6.61 Å². The van der Waals surface area contributed by atoms with Crippen molar-refractivity contribution in [3.8, 4) is 0 Å². The van der Waals surface area contributed by atoms with E-state index in [0.29, 0.717) is 18.6 Å². The molecule has 6 heteroatoms. The Morgan fingerprint density at radius 2 is 1.90 bits per heavy atom. The zero-order chi connectivity index (χ0) is 15.8. The molecule has 2 N–H and O–H groups in total. The fourth-order valence-electron chi connectivity index (χ4n) is 1.33. The van der Waals surface area contributed by atoms with Crippen LogP contribution in [0.15, 0.2) is 18.2 Å². The normalized spacial score (nSPS) is 10.6. The summed E-state index contributed by atoms with van der Waals surface area (Å²) in [5.74, 6) is -0.123. The van der Waals surface area contributed by atoms with Gasteiger partial charge in [0.25, 0.3) is 0 Å². The zero-order valence-corrected chi connectivity index (χ0v) is 11.9. The second kappa shape index (κ2) is 8.58. The second-order valence-corrected chi connectivity index (χ2v) is 4.00. The lowest BCUT2D eigenvalue weighted by Gasteiger charge is -2.09. The van der Waals surface area contributed by atoms with E-state index >= 15 is 0 Å². The molecule has 0 aliphatic rings. The number of aryl methyl sites for hydroxylation is 1. The van der Waals surface area contributed by atoms with Crippen LogP contribution in [-0.2, 0) is 22.3 Å². The summed E-state index contributed by atoms with van der Waals surface area (Å²) in [6.07, 6.45) is -3.80. The van der Waals surface area contributed by atoms with Gasteiger partial charge >= 0.3 is 12.1 Å². The Morgan fingerprint density at radius 3 is 2.25 bits per heavy atom. The Bertz CT molecular complexity index is 431. The molecule has 0 fully saturated rings. The lowest BCUT2D eigenvalue weighted by Crippen LogP contribution is -2.07. The van der Waals surface area contributed by atoms with E-state index in [9.17, 15) is 18.0 Å². The molecule has 1 rings (SSSR count). The van der Waals surface area contributed by atoms with Crippen molar-refractivity contribution in [3.63, 3.8) is 0 Å². The van der Waals surface area contributed by atoms with Crippen molar-refractivity contribution in [1.29, 1.82) is 0 Å². The van der Waals surface area contributed by atoms with Crippen LogP contribution in [0.25, 0.3) is 0 Å². The fraction of sp³-hybridized carbons (Fsp3) is 0.500. The number of ether oxygens (including phenoxy) is 1. The second-order valence-electron chi connectivity index (χ2n) is 4.00. The van der Waals surface area contributed by atoms with Gasteiger partial charge in [-0.1, -0.05) is 13.0 Å². The fourth-order valence-corrected chi connectivity index (χ4v) is 1.33. The van der Waals surface area contributed by atoms with Gasteiger partial charge in [-0.15, -0.1) is 0 Å². The molecule has 0 spiro atoms. The molecule has 0 aliphatic heterocycles. The third-order valence-corrected chi connectivity index (χ3v) is 2.49. The smallest absolute Gasteiger partial charge is 0.416 e. The largest absolute Gasteiger partial charge is 0.466 e. The van der Waals surface area contributed by atoms with Crippen molar-refractivity contribution in [1.82, 2.24) is 0 Å². The molecule has 0 radical (unpaired) electrons. The number of hydrogen-bond acceptors (Lipinski definition) is 3. The number of carbonyl (C=O) groups excluding carboxylic acids is 1. The third kappa shape index (κ3) is 6.56. The van der Waals surface area contributed by atoms with Crippen molar-refractivity contribution in [2.45, 2.75) is 39.9 Å². The van der Waals surface area contributed by atoms with Gasteiger partial charge in [-0.05, 0) is 37.1 Å². The number of benzene rings is 1. The van der Waals surface area contributed by atoms with E-state index < -0.39 is 11.7 Å². The van der Waals surface area contributed by atoms with E-state index in [-0.39, 0.29) is 12.5 Å². The monoisotopic (exact) mass is 291 g/mol. The highest BCUT2D eigenvalue weighted by molar-refractivity contribution is 5.68. The summed E-state index contributed by atoms with van der Waals surface area (Å²) in [6.45, 7) is 5.94. The van der Waals surface area contributed by atoms with Crippen LogP contribution in [0.5, 0.6) is 0 Å². The Hall–Kier alpha value is -1.56. The first-order chi connectivity index (χ1) is 9.26. The number of alkyl halides is 3. The molecule has 1 aromatic rings. The molecule has 0 unspecified atom stereocenters. The highest BCUT2D eigenvalue weighted by atomic mass is 19.4. The molecule has 0 saturated heterocycles. The maximum Gasteiger partial charge on any atom is 0.416 e. The third-order valence-electron chi connectivity index (χ3n) is 2.49. The van der Waals surface area contributed by atoms with Crippen molar-refractivity contribution in [2.24, 2.45) is 5.73 Å². The van der Waals surface area contributed by atoms with Crippen molar-refractivity contribution < 1.29 is 22.7 Å². The molecule has 0 saturated carbocycles. The van der Waals surface area contributed by atoms with Gasteiger partial charge in [-0.2, -0.15) is 13.2 Å². The molecule has 20 heavy (non-hydrogen) atoms. The molecule has 3 nitrogen and oxygen atoms in total. The van der Waals surface area contributed by atoms with Gasteiger partial charge in [0.1, 0.15) is 0 Å². The Balaban J connectivity index is 0.000000441. The van der Waals surface area contributed by atoms with Crippen molar-refractivity contribution >= 4 is 5.97 Å². The Morgan fingerprint density at radius 1 is 1.30 bits per heavy atom. The number of rotatable bonds is 3. The van der Waals surface area contributed by atoms with Crippen LogP contribution < -0.4 is 5.73 Å². The van der Waals surface area contributed by atoms with Crippen LogP contribution in [0.3, 0.4) is 0 Å². The SMILES string of the molecule is CCOC(=O)CC.Cc1ccc(C(F)(F)F)cc1CN. The van der Waals surface area contributed by atoms with Crippen LogP contribution in [-0.4, -0.2) is 12.6 Å². The summed E-state index contributed by atoms with van der Waals surface area (Å²) in [5, 5.41) is 0. The highest BCUT2D eigenvalue weighted by Gasteiger charge is 2.30. The van der Waals surface area contributed by atoms with E-state index in [1.165, 1.54) is 6.07 Å². The molecule has 0 atom stereocenters. The number of carbonyl (C=O) groups is 1. The molecule has 0 bridgehead atoms. The average molecular weight is 291 g/mol. The number of esters is 1. The van der Waals surface area contributed by atoms with Gasteiger partial charge < -0.3 is 10.5 Å². The molecule has 0 aromatic heterocycles. The molecule has 0 amide bonds. The molecule has 114 valence electrons. The van der Waals surface area contributed by atoms with Gasteiger partial charge in [0, 0.05) is 13.0 Å². The molecular formula is C14H20F3NO2. The minimum atomic E-state index is -4.28. The van der Waals surface area contributed by atoms with E-state index in [2.05, 4.69) is 4.74 Å². The van der Waals surface area contributed by atoms with Gasteiger partial charge in [0.05, 0.1) is 12.2 Å². The van der Waals surface area contributed by atoms with Crippen molar-refractivity contribution in [3.05, 3.63) is 34.9 Å². The van der Waals surface area contributed by atoms with Crippen LogP contribution >= 0.6 is 0 Å². The topological polar surface area (TPSA) is 52.3 Å². The van der Waals surface area contributed by atoms with E-state index in [1.807, 2.05) is 0 Å². The minimum absolute atomic E-state index is 0.123. The average Bonchev–Trinajstić information content (AvgIpc) is 2.39. The van der Waals surface area contributed by atoms with Gasteiger partial charge in [-0.25, -0.2) is 0 Å². The summed E-state index contributed by atoms with van der Waals surface area (Å²) in [6, 6.07) is 3.59. The quantitative estimate of drug-likeness (QED) is 0.868. The number of hydrogen-bond donors (Lipinski definition) is 1. The van der Waals surface area contributed by atoms with Gasteiger partial charge in [-0.3, -0.25) is 4.79 Å². The predicted octanol–water partition coefficient (Wildman–Crippen LogP) is 3.43. The van der Waals surface area contributed by atoms with Crippen LogP contribution in [0.1, 0.15) is 37.0 Å². The molecule has 0 aliphatic carbocycles. The summed E-state index contributed by atoms with van der Waals surface area (Å²) < 4.78 is 41.1. The summed E-state index contributed by atoms with van der Waals surface area (Å²) in [7, 11) is 0. The van der Waals surface area contributed by atoms with Crippen LogP contribution in [0.4, 0.5) is 13.2 Å². The molecular weight excluding hydrogens is 271 g/mol. The maximum atomic E-state index is 12.2. The van der Waals surface area contributed by atoms with Crippen LogP contribution in [0, 0.1) is 6.92 Å². The standard InChI is InChI=1S/C9H10F3N.C5H10O2/c1-6-2-3-8(9(10,11)12)4-7(6)5-13;1-3-5(6)7-4-2/h2-4H,5,13H2,1H3;3-4H2,1-2H3. The summed E-state index contributed by atoms with van der Waals surface area (Å²) in [5.41, 5.74) is 5.98.